The number of carbonyl (C=O) groups is 1. The van der Waals surface area contributed by atoms with E-state index in [1.54, 1.807) is 22.7 Å². The Kier molecular flexibility index (Phi) is 7.44. The number of hydrogen-bond acceptors (Lipinski definition) is 7. The van der Waals surface area contributed by atoms with E-state index < -0.39 is 0 Å². The van der Waals surface area contributed by atoms with Gasteiger partial charge in [0.2, 0.25) is 5.91 Å². The first-order chi connectivity index (χ1) is 18.4. The topological polar surface area (TPSA) is 69.3 Å². The van der Waals surface area contributed by atoms with Gasteiger partial charge in [-0.25, -0.2) is 4.98 Å². The maximum Gasteiger partial charge on any atom is 0.228 e. The Bertz CT molecular complexity index is 1360. The van der Waals surface area contributed by atoms with E-state index in [4.69, 9.17) is 4.98 Å². The number of hydrogen-bond donors (Lipinski definition) is 3. The average Bonchev–Trinajstić information content (AvgIpc) is 3.45. The predicted octanol–water partition coefficient (Wildman–Crippen LogP) is 5.88. The zero-order chi connectivity index (χ0) is 26.4. The van der Waals surface area contributed by atoms with Crippen LogP contribution in [0.5, 0.6) is 0 Å². The summed E-state index contributed by atoms with van der Waals surface area (Å²) in [4.78, 5) is 22.3. The van der Waals surface area contributed by atoms with Crippen molar-refractivity contribution >= 4 is 49.4 Å². The van der Waals surface area contributed by atoms with Crippen molar-refractivity contribution in [3.8, 4) is 10.6 Å². The lowest BCUT2D eigenvalue weighted by molar-refractivity contribution is -0.123. The normalized spacial score (nSPS) is 22.0. The van der Waals surface area contributed by atoms with Crippen molar-refractivity contribution < 1.29 is 4.79 Å². The van der Waals surface area contributed by atoms with Crippen molar-refractivity contribution in [1.82, 2.24) is 20.5 Å². The molecule has 38 heavy (non-hydrogen) atoms. The summed E-state index contributed by atoms with van der Waals surface area (Å²) in [5, 5.41) is 12.4. The van der Waals surface area contributed by atoms with Crippen molar-refractivity contribution in [1.29, 1.82) is 0 Å². The van der Waals surface area contributed by atoms with Crippen LogP contribution in [0.3, 0.4) is 0 Å². The Hall–Kier alpha value is -2.10. The van der Waals surface area contributed by atoms with Crippen molar-refractivity contribution in [2.45, 2.75) is 78.0 Å². The summed E-state index contributed by atoms with van der Waals surface area (Å²) >= 11 is 3.53. The highest BCUT2D eigenvalue weighted by Crippen LogP contribution is 2.46. The molecule has 8 heteroatoms. The van der Waals surface area contributed by atoms with E-state index in [2.05, 4.69) is 72.8 Å². The van der Waals surface area contributed by atoms with Gasteiger partial charge < -0.3 is 16.0 Å². The lowest BCUT2D eigenvalue weighted by atomic mass is 9.79. The molecule has 0 radical (unpaired) electrons. The highest BCUT2D eigenvalue weighted by Gasteiger charge is 2.36. The largest absolute Gasteiger partial charge is 0.317 e. The highest BCUT2D eigenvalue weighted by molar-refractivity contribution is 7.23. The number of rotatable bonds is 7. The van der Waals surface area contributed by atoms with Crippen LogP contribution in [0, 0.1) is 5.92 Å². The number of anilines is 1. The second kappa shape index (κ2) is 10.8. The van der Waals surface area contributed by atoms with Crippen LogP contribution in [-0.2, 0) is 17.8 Å². The van der Waals surface area contributed by atoms with E-state index in [9.17, 15) is 4.79 Å². The molecular weight excluding hydrogens is 510 g/mol. The van der Waals surface area contributed by atoms with Crippen molar-refractivity contribution in [3.63, 3.8) is 0 Å². The van der Waals surface area contributed by atoms with E-state index in [1.807, 2.05) is 0 Å². The second-order valence-corrected chi connectivity index (χ2v) is 13.7. The van der Waals surface area contributed by atoms with E-state index in [0.717, 1.165) is 67.4 Å². The average molecular weight is 550 g/mol. The molecule has 1 fully saturated rings. The molecule has 6 rings (SSSR count). The molecule has 2 aromatic heterocycles. The van der Waals surface area contributed by atoms with Gasteiger partial charge in [-0.2, -0.15) is 0 Å². The van der Waals surface area contributed by atoms with Crippen LogP contribution >= 0.6 is 22.7 Å². The number of nitrogens with zero attached hydrogens (tertiary/aromatic N) is 2. The second-order valence-electron chi connectivity index (χ2n) is 11.6. The fraction of sp³-hybridized carbons (Fsp3) is 0.533. The summed E-state index contributed by atoms with van der Waals surface area (Å²) in [6, 6.07) is 8.11. The third-order valence-electron chi connectivity index (χ3n) is 8.17. The first-order valence-corrected chi connectivity index (χ1v) is 15.8. The van der Waals surface area contributed by atoms with Crippen LogP contribution in [0.2, 0.25) is 0 Å². The van der Waals surface area contributed by atoms with Crippen LogP contribution < -0.4 is 16.0 Å². The molecule has 1 aliphatic carbocycles. The number of thiophene rings is 1. The van der Waals surface area contributed by atoms with Crippen molar-refractivity contribution in [3.05, 3.63) is 40.3 Å². The van der Waals surface area contributed by atoms with Gasteiger partial charge in [-0.1, -0.05) is 26.0 Å². The van der Waals surface area contributed by atoms with E-state index in [-0.39, 0.29) is 11.8 Å². The van der Waals surface area contributed by atoms with E-state index in [0.29, 0.717) is 18.1 Å². The number of carbonyl (C=O) groups excluding carboxylic acids is 1. The summed E-state index contributed by atoms with van der Waals surface area (Å²) in [6.07, 6.45) is 6.20. The summed E-state index contributed by atoms with van der Waals surface area (Å²) in [6.45, 7) is 12.8. The summed E-state index contributed by atoms with van der Waals surface area (Å²) in [5.41, 5.74) is 6.32. The molecule has 1 aromatic carbocycles. The molecule has 4 heterocycles. The number of amides is 1. The fourth-order valence-corrected chi connectivity index (χ4v) is 8.37. The van der Waals surface area contributed by atoms with Gasteiger partial charge in [0.25, 0.3) is 0 Å². The molecule has 3 N–H and O–H groups in total. The monoisotopic (exact) mass is 549 g/mol. The molecule has 0 unspecified atom stereocenters. The van der Waals surface area contributed by atoms with Gasteiger partial charge >= 0.3 is 0 Å². The Labute approximate surface area is 233 Å². The third-order valence-corrected chi connectivity index (χ3v) is 10.3. The van der Waals surface area contributed by atoms with Gasteiger partial charge in [0, 0.05) is 54.1 Å². The maximum absolute atomic E-state index is 13.3. The fourth-order valence-electron chi connectivity index (χ4n) is 5.95. The van der Waals surface area contributed by atoms with Crippen molar-refractivity contribution in [2.75, 3.05) is 25.0 Å². The van der Waals surface area contributed by atoms with Crippen LogP contribution in [0.4, 0.5) is 5.00 Å². The van der Waals surface area contributed by atoms with Gasteiger partial charge in [0.15, 0.2) is 0 Å². The zero-order valence-electron chi connectivity index (χ0n) is 22.9. The molecule has 2 aliphatic heterocycles. The third kappa shape index (κ3) is 5.21. The zero-order valence-corrected chi connectivity index (χ0v) is 24.5. The Morgan fingerprint density at radius 2 is 2.00 bits per heavy atom. The number of aromatic nitrogens is 1. The molecule has 0 saturated heterocycles. The number of thiazole rings is 1. The molecule has 0 atom stereocenters. The molecule has 1 saturated carbocycles. The van der Waals surface area contributed by atoms with Crippen LogP contribution in [0.25, 0.3) is 26.4 Å². The van der Waals surface area contributed by atoms with Gasteiger partial charge in [0.05, 0.1) is 10.2 Å². The molecule has 1 amide bonds. The Balaban J connectivity index is 1.31. The number of fused-ring (bicyclic) bond motifs is 2. The lowest BCUT2D eigenvalue weighted by Crippen LogP contribution is -2.48. The molecule has 202 valence electrons. The quantitative estimate of drug-likeness (QED) is 0.343. The molecular formula is C30H39N5OS2. The number of benzene rings is 1. The minimum absolute atomic E-state index is 0.0848. The van der Waals surface area contributed by atoms with E-state index >= 15 is 0 Å². The standard InChI is InChI=1S/C30H39N5OS2/c1-17(2)32-22-13-21(14-22)28(36)34-30-27(23-9-12-35(18(3)4)16-26(23)38-30)29-33-24-6-5-20(15-25(24)37-29)19-7-10-31-11-8-19/h5-7,15,17-18,21-22,31-32H,8-14,16H2,1-4H3,(H,34,36). The Morgan fingerprint density at radius 3 is 2.74 bits per heavy atom. The van der Waals surface area contributed by atoms with Gasteiger partial charge in [-0.15, -0.1) is 22.7 Å². The van der Waals surface area contributed by atoms with Gasteiger partial charge in [-0.3, -0.25) is 9.69 Å². The predicted molar refractivity (Wildman–Crippen MR) is 161 cm³/mol. The van der Waals surface area contributed by atoms with Gasteiger partial charge in [-0.05, 0) is 74.9 Å². The summed E-state index contributed by atoms with van der Waals surface area (Å²) in [5.74, 6) is 0.246. The van der Waals surface area contributed by atoms with Crippen LogP contribution in [-0.4, -0.2) is 53.6 Å². The minimum Gasteiger partial charge on any atom is -0.317 e. The first-order valence-electron chi connectivity index (χ1n) is 14.1. The van der Waals surface area contributed by atoms with Gasteiger partial charge in [0.1, 0.15) is 10.0 Å². The summed E-state index contributed by atoms with van der Waals surface area (Å²) in [7, 11) is 0. The van der Waals surface area contributed by atoms with Crippen molar-refractivity contribution in [2.24, 2.45) is 5.92 Å². The van der Waals surface area contributed by atoms with Crippen LogP contribution in [0.15, 0.2) is 24.3 Å². The SMILES string of the molecule is CC(C)NC1CC(C(=O)Nc2sc3c(c2-c2nc4ccc(C5=CCNCC5)cc4s2)CCN(C(C)C)C3)C1. The molecule has 3 aliphatic rings. The van der Waals surface area contributed by atoms with E-state index in [1.165, 1.54) is 31.8 Å². The lowest BCUT2D eigenvalue weighted by Gasteiger charge is -2.36. The first kappa shape index (κ1) is 26.1. The maximum atomic E-state index is 13.3. The Morgan fingerprint density at radius 1 is 1.16 bits per heavy atom. The highest BCUT2D eigenvalue weighted by atomic mass is 32.1. The molecule has 3 aromatic rings. The minimum atomic E-state index is 0.0848. The molecule has 6 nitrogen and oxygen atoms in total. The van der Waals surface area contributed by atoms with Crippen LogP contribution in [0.1, 0.15) is 63.0 Å². The molecule has 0 spiro atoms. The summed E-state index contributed by atoms with van der Waals surface area (Å²) < 4.78 is 1.22. The smallest absolute Gasteiger partial charge is 0.228 e. The number of nitrogens with one attached hydrogen (secondary N) is 3. The molecule has 0 bridgehead atoms.